The van der Waals surface area contributed by atoms with Crippen LogP contribution in [0.4, 0.5) is 5.95 Å². The molecule has 2 rings (SSSR count). The number of rotatable bonds is 5. The van der Waals surface area contributed by atoms with Crippen molar-refractivity contribution < 1.29 is 13.7 Å². The van der Waals surface area contributed by atoms with Gasteiger partial charge < -0.3 is 9.47 Å². The SMILES string of the molecule is CCOc1ccc(-c2nc(N=S(C)(C)=O)n[nH]2)cc1OC. The third kappa shape index (κ3) is 3.94. The van der Waals surface area contributed by atoms with E-state index in [-0.39, 0.29) is 5.95 Å². The maximum atomic E-state index is 11.6. The molecule has 1 aromatic heterocycles. The highest BCUT2D eigenvalue weighted by Crippen LogP contribution is 2.31. The summed E-state index contributed by atoms with van der Waals surface area (Å²) in [6, 6.07) is 5.44. The molecule has 2 aromatic rings. The topological polar surface area (TPSA) is 89.5 Å². The molecule has 7 nitrogen and oxygen atoms in total. The second kappa shape index (κ2) is 6.13. The Morgan fingerprint density at radius 3 is 2.71 bits per heavy atom. The van der Waals surface area contributed by atoms with E-state index < -0.39 is 9.73 Å². The summed E-state index contributed by atoms with van der Waals surface area (Å²) in [4.78, 5) is 4.21. The van der Waals surface area contributed by atoms with E-state index in [1.807, 2.05) is 13.0 Å². The molecule has 0 atom stereocenters. The zero-order valence-corrected chi connectivity index (χ0v) is 13.2. The smallest absolute Gasteiger partial charge is 0.276 e. The normalized spacial score (nSPS) is 11.2. The molecule has 21 heavy (non-hydrogen) atoms. The summed E-state index contributed by atoms with van der Waals surface area (Å²) >= 11 is 0. The number of hydrogen-bond acceptors (Lipinski definition) is 6. The van der Waals surface area contributed by atoms with Gasteiger partial charge in [-0.15, -0.1) is 5.10 Å². The van der Waals surface area contributed by atoms with Crippen molar-refractivity contribution in [1.82, 2.24) is 15.2 Å². The van der Waals surface area contributed by atoms with E-state index in [2.05, 4.69) is 19.5 Å². The van der Waals surface area contributed by atoms with Gasteiger partial charge in [-0.1, -0.05) is 0 Å². The van der Waals surface area contributed by atoms with Gasteiger partial charge in [-0.05, 0) is 25.1 Å². The highest BCUT2D eigenvalue weighted by molar-refractivity contribution is 7.92. The van der Waals surface area contributed by atoms with E-state index in [1.165, 1.54) is 12.5 Å². The first-order valence-electron chi connectivity index (χ1n) is 6.33. The lowest BCUT2D eigenvalue weighted by Crippen LogP contribution is -1.95. The molecule has 1 heterocycles. The number of methoxy groups -OCH3 is 1. The number of nitrogens with one attached hydrogen (secondary N) is 1. The van der Waals surface area contributed by atoms with Crippen LogP contribution in [0, 0.1) is 0 Å². The molecule has 0 aliphatic rings. The second-order valence-electron chi connectivity index (χ2n) is 4.56. The molecule has 0 unspecified atom stereocenters. The van der Waals surface area contributed by atoms with Gasteiger partial charge in [0.2, 0.25) is 0 Å². The van der Waals surface area contributed by atoms with Crippen LogP contribution in [0.1, 0.15) is 6.92 Å². The van der Waals surface area contributed by atoms with E-state index in [1.54, 1.807) is 19.2 Å². The Morgan fingerprint density at radius 1 is 1.33 bits per heavy atom. The molecule has 0 bridgehead atoms. The maximum Gasteiger partial charge on any atom is 0.276 e. The summed E-state index contributed by atoms with van der Waals surface area (Å²) < 4.78 is 26.3. The van der Waals surface area contributed by atoms with E-state index in [9.17, 15) is 4.21 Å². The molecule has 0 aliphatic carbocycles. The zero-order valence-electron chi connectivity index (χ0n) is 12.4. The zero-order chi connectivity index (χ0) is 15.5. The molecule has 0 saturated carbocycles. The Labute approximate surface area is 123 Å². The van der Waals surface area contributed by atoms with Gasteiger partial charge in [0, 0.05) is 27.8 Å². The Balaban J connectivity index is 2.37. The Kier molecular flexibility index (Phi) is 4.46. The molecule has 1 aromatic carbocycles. The van der Waals surface area contributed by atoms with E-state index >= 15 is 0 Å². The molecular weight excluding hydrogens is 292 g/mol. The predicted octanol–water partition coefficient (Wildman–Crippen LogP) is 2.24. The maximum absolute atomic E-state index is 11.6. The number of benzene rings is 1. The van der Waals surface area contributed by atoms with Crippen molar-refractivity contribution in [2.24, 2.45) is 4.36 Å². The number of hydrogen-bond donors (Lipinski definition) is 1. The Morgan fingerprint density at radius 2 is 2.10 bits per heavy atom. The van der Waals surface area contributed by atoms with Crippen LogP contribution in [-0.4, -0.2) is 45.6 Å². The van der Waals surface area contributed by atoms with Crippen molar-refractivity contribution >= 4 is 15.7 Å². The van der Waals surface area contributed by atoms with Gasteiger partial charge in [0.15, 0.2) is 17.3 Å². The van der Waals surface area contributed by atoms with Crippen LogP contribution in [0.25, 0.3) is 11.4 Å². The summed E-state index contributed by atoms with van der Waals surface area (Å²) in [6.07, 6.45) is 3.06. The van der Waals surface area contributed by atoms with Crippen molar-refractivity contribution in [3.05, 3.63) is 18.2 Å². The van der Waals surface area contributed by atoms with Gasteiger partial charge in [-0.3, -0.25) is 5.10 Å². The first-order chi connectivity index (χ1) is 9.93. The van der Waals surface area contributed by atoms with Crippen LogP contribution < -0.4 is 9.47 Å². The summed E-state index contributed by atoms with van der Waals surface area (Å²) in [6.45, 7) is 2.47. The van der Waals surface area contributed by atoms with Gasteiger partial charge in [0.1, 0.15) is 0 Å². The molecule has 0 amide bonds. The predicted molar refractivity (Wildman–Crippen MR) is 81.6 cm³/mol. The molecule has 0 saturated heterocycles. The summed E-state index contributed by atoms with van der Waals surface area (Å²) in [7, 11) is -0.712. The fourth-order valence-corrected chi connectivity index (χ4v) is 2.18. The van der Waals surface area contributed by atoms with Crippen LogP contribution in [-0.2, 0) is 9.73 Å². The standard InChI is InChI=1S/C13H18N4O3S/c1-5-20-10-7-6-9(8-11(10)19-2)12-14-13(16-15-12)17-21(3,4)18/h6-8H,5H2,1-4H3,(H,14,15,16). The number of aromatic nitrogens is 3. The molecule has 1 N–H and O–H groups in total. The molecule has 0 fully saturated rings. The summed E-state index contributed by atoms with van der Waals surface area (Å²) in [5.41, 5.74) is 0.781. The first kappa shape index (κ1) is 15.3. The minimum Gasteiger partial charge on any atom is -0.493 e. The minimum absolute atomic E-state index is 0.174. The number of H-pyrrole nitrogens is 1. The average Bonchev–Trinajstić information content (AvgIpc) is 2.85. The quantitative estimate of drug-likeness (QED) is 0.914. The van der Waals surface area contributed by atoms with E-state index in [0.717, 1.165) is 5.56 Å². The monoisotopic (exact) mass is 310 g/mol. The van der Waals surface area contributed by atoms with Gasteiger partial charge in [0.05, 0.1) is 13.7 Å². The van der Waals surface area contributed by atoms with Gasteiger partial charge in [-0.2, -0.15) is 9.35 Å². The summed E-state index contributed by atoms with van der Waals surface area (Å²) in [5.74, 6) is 1.98. The van der Waals surface area contributed by atoms with Crippen molar-refractivity contribution in [1.29, 1.82) is 0 Å². The van der Waals surface area contributed by atoms with Gasteiger partial charge in [-0.25, -0.2) is 4.21 Å². The average molecular weight is 310 g/mol. The van der Waals surface area contributed by atoms with Crippen LogP contribution in [0.5, 0.6) is 11.5 Å². The first-order valence-corrected chi connectivity index (χ1v) is 8.67. The third-order valence-corrected chi connectivity index (χ3v) is 3.11. The second-order valence-corrected chi connectivity index (χ2v) is 7.10. The minimum atomic E-state index is -2.29. The van der Waals surface area contributed by atoms with Gasteiger partial charge >= 0.3 is 0 Å². The van der Waals surface area contributed by atoms with E-state index in [0.29, 0.717) is 23.9 Å². The molecule has 0 spiro atoms. The molecule has 0 radical (unpaired) electrons. The highest BCUT2D eigenvalue weighted by Gasteiger charge is 2.10. The molecule has 0 aliphatic heterocycles. The fraction of sp³-hybridized carbons (Fsp3) is 0.385. The molecule has 114 valence electrons. The largest absolute Gasteiger partial charge is 0.493 e. The van der Waals surface area contributed by atoms with Gasteiger partial charge in [0.25, 0.3) is 5.95 Å². The highest BCUT2D eigenvalue weighted by atomic mass is 32.2. The lowest BCUT2D eigenvalue weighted by atomic mass is 10.2. The number of ether oxygens (including phenoxy) is 2. The van der Waals surface area contributed by atoms with Crippen molar-refractivity contribution in [2.75, 3.05) is 26.2 Å². The van der Waals surface area contributed by atoms with Crippen LogP contribution in [0.15, 0.2) is 22.6 Å². The summed E-state index contributed by atoms with van der Waals surface area (Å²) in [5, 5.41) is 6.71. The van der Waals surface area contributed by atoms with Crippen LogP contribution in [0.3, 0.4) is 0 Å². The Bertz CT molecular complexity index is 740. The number of nitrogens with zero attached hydrogens (tertiary/aromatic N) is 3. The molecule has 8 heteroatoms. The lowest BCUT2D eigenvalue weighted by molar-refractivity contribution is 0.311. The fourth-order valence-electron chi connectivity index (χ4n) is 1.71. The van der Waals surface area contributed by atoms with Crippen molar-refractivity contribution in [3.63, 3.8) is 0 Å². The van der Waals surface area contributed by atoms with Crippen molar-refractivity contribution in [3.8, 4) is 22.9 Å². The number of aromatic amines is 1. The van der Waals surface area contributed by atoms with E-state index in [4.69, 9.17) is 9.47 Å². The molecular formula is C13H18N4O3S. The van der Waals surface area contributed by atoms with Crippen molar-refractivity contribution in [2.45, 2.75) is 6.92 Å². The van der Waals surface area contributed by atoms with Crippen LogP contribution in [0.2, 0.25) is 0 Å². The third-order valence-electron chi connectivity index (χ3n) is 2.51. The van der Waals surface area contributed by atoms with Crippen LogP contribution >= 0.6 is 0 Å². The lowest BCUT2D eigenvalue weighted by Gasteiger charge is -2.09. The Hall–Kier alpha value is -2.09.